The lowest BCUT2D eigenvalue weighted by atomic mass is 9.96. The molecule has 0 fully saturated rings. The number of halogens is 3. The number of benzene rings is 2. The van der Waals surface area contributed by atoms with Crippen LogP contribution in [0.3, 0.4) is 0 Å². The van der Waals surface area contributed by atoms with E-state index in [2.05, 4.69) is 5.32 Å². The van der Waals surface area contributed by atoms with Gasteiger partial charge in [-0.25, -0.2) is 8.78 Å². The van der Waals surface area contributed by atoms with Gasteiger partial charge in [0.15, 0.2) is 0 Å². The monoisotopic (exact) mass is 309 g/mol. The smallest absolute Gasteiger partial charge is 0.130 e. The Bertz CT molecular complexity index is 628. The molecule has 0 saturated carbocycles. The second kappa shape index (κ2) is 7.01. The fourth-order valence-corrected chi connectivity index (χ4v) is 2.63. The van der Waals surface area contributed by atoms with Crippen LogP contribution in [-0.2, 0) is 6.42 Å². The molecule has 1 unspecified atom stereocenters. The summed E-state index contributed by atoms with van der Waals surface area (Å²) >= 11 is 6.07. The summed E-state index contributed by atoms with van der Waals surface area (Å²) in [5, 5.41) is 3.63. The van der Waals surface area contributed by atoms with Gasteiger partial charge in [0.05, 0.1) is 0 Å². The Hall–Kier alpha value is -1.45. The van der Waals surface area contributed by atoms with Crippen LogP contribution >= 0.6 is 11.6 Å². The molecule has 0 spiro atoms. The summed E-state index contributed by atoms with van der Waals surface area (Å²) in [4.78, 5) is 0. The van der Waals surface area contributed by atoms with E-state index in [1.165, 1.54) is 12.1 Å². The molecule has 0 amide bonds. The van der Waals surface area contributed by atoms with Crippen molar-refractivity contribution in [2.24, 2.45) is 0 Å². The zero-order valence-electron chi connectivity index (χ0n) is 12.1. The lowest BCUT2D eigenvalue weighted by molar-refractivity contribution is 0.506. The second-order valence-corrected chi connectivity index (χ2v) is 5.44. The van der Waals surface area contributed by atoms with Crippen molar-refractivity contribution in [3.63, 3.8) is 0 Å². The normalized spacial score (nSPS) is 12.4. The van der Waals surface area contributed by atoms with Crippen LogP contribution in [0.15, 0.2) is 36.4 Å². The number of nitrogens with one attached hydrogen (secondary N) is 1. The SMILES string of the molecule is CCNC(Cc1ccc(F)cc1Cl)c1cccc(C)c1F. The summed E-state index contributed by atoms with van der Waals surface area (Å²) < 4.78 is 27.4. The Labute approximate surface area is 128 Å². The highest BCUT2D eigenvalue weighted by Gasteiger charge is 2.18. The standard InChI is InChI=1S/C17H18ClF2N/c1-3-21-16(14-6-4-5-11(2)17(14)20)9-12-7-8-13(19)10-15(12)18/h4-8,10,16,21H,3,9H2,1-2H3. The Morgan fingerprint density at radius 2 is 1.95 bits per heavy atom. The number of hydrogen-bond acceptors (Lipinski definition) is 1. The Morgan fingerprint density at radius 1 is 1.19 bits per heavy atom. The van der Waals surface area contributed by atoms with E-state index in [0.717, 1.165) is 5.56 Å². The Balaban J connectivity index is 2.33. The molecule has 4 heteroatoms. The molecule has 0 aliphatic heterocycles. The number of aryl methyl sites for hydroxylation is 1. The van der Waals surface area contributed by atoms with Crippen molar-refractivity contribution in [2.45, 2.75) is 26.3 Å². The van der Waals surface area contributed by atoms with E-state index >= 15 is 0 Å². The third-order valence-electron chi connectivity index (χ3n) is 3.49. The molecule has 0 saturated heterocycles. The van der Waals surface area contributed by atoms with Gasteiger partial charge in [0.2, 0.25) is 0 Å². The minimum absolute atomic E-state index is 0.196. The van der Waals surface area contributed by atoms with E-state index in [0.29, 0.717) is 29.1 Å². The van der Waals surface area contributed by atoms with Crippen molar-refractivity contribution in [3.05, 3.63) is 69.7 Å². The third-order valence-corrected chi connectivity index (χ3v) is 3.84. The first-order chi connectivity index (χ1) is 10.0. The molecule has 112 valence electrons. The van der Waals surface area contributed by atoms with Crippen LogP contribution < -0.4 is 5.32 Å². The van der Waals surface area contributed by atoms with Crippen molar-refractivity contribution in [3.8, 4) is 0 Å². The van der Waals surface area contributed by atoms with E-state index in [1.54, 1.807) is 25.1 Å². The molecular formula is C17H18ClF2N. The predicted molar refractivity (Wildman–Crippen MR) is 82.7 cm³/mol. The first kappa shape index (κ1) is 15.9. The van der Waals surface area contributed by atoms with Gasteiger partial charge in [0.1, 0.15) is 11.6 Å². The number of rotatable bonds is 5. The molecule has 0 aromatic heterocycles. The highest BCUT2D eigenvalue weighted by Crippen LogP contribution is 2.26. The molecule has 2 rings (SSSR count). The first-order valence-electron chi connectivity index (χ1n) is 6.95. The fraction of sp³-hybridized carbons (Fsp3) is 0.294. The quantitative estimate of drug-likeness (QED) is 0.835. The average Bonchev–Trinajstić information content (AvgIpc) is 2.44. The van der Waals surface area contributed by atoms with Gasteiger partial charge in [0, 0.05) is 16.6 Å². The van der Waals surface area contributed by atoms with E-state index in [-0.39, 0.29) is 17.7 Å². The van der Waals surface area contributed by atoms with Gasteiger partial charge in [-0.05, 0) is 43.1 Å². The van der Waals surface area contributed by atoms with Crippen molar-refractivity contribution in [1.29, 1.82) is 0 Å². The maximum Gasteiger partial charge on any atom is 0.130 e. The zero-order valence-corrected chi connectivity index (χ0v) is 12.8. The van der Waals surface area contributed by atoms with Gasteiger partial charge in [-0.2, -0.15) is 0 Å². The Kier molecular flexibility index (Phi) is 5.32. The molecule has 2 aromatic rings. The molecule has 0 bridgehead atoms. The van der Waals surface area contributed by atoms with Gasteiger partial charge in [-0.3, -0.25) is 0 Å². The molecule has 0 aliphatic rings. The topological polar surface area (TPSA) is 12.0 Å². The van der Waals surface area contributed by atoms with Crippen LogP contribution in [-0.4, -0.2) is 6.54 Å². The maximum atomic E-state index is 14.3. The van der Waals surface area contributed by atoms with E-state index in [9.17, 15) is 8.78 Å². The summed E-state index contributed by atoms with van der Waals surface area (Å²) in [7, 11) is 0. The van der Waals surface area contributed by atoms with Crippen LogP contribution in [0.1, 0.15) is 29.7 Å². The largest absolute Gasteiger partial charge is 0.310 e. The van der Waals surface area contributed by atoms with Gasteiger partial charge in [0.25, 0.3) is 0 Å². The molecule has 21 heavy (non-hydrogen) atoms. The van der Waals surface area contributed by atoms with Crippen molar-refractivity contribution in [1.82, 2.24) is 5.32 Å². The van der Waals surface area contributed by atoms with Crippen LogP contribution in [0.4, 0.5) is 8.78 Å². The summed E-state index contributed by atoms with van der Waals surface area (Å²) in [6, 6.07) is 9.46. The van der Waals surface area contributed by atoms with Crippen LogP contribution in [0.5, 0.6) is 0 Å². The van der Waals surface area contributed by atoms with Gasteiger partial charge in [-0.15, -0.1) is 0 Å². The summed E-state index contributed by atoms with van der Waals surface area (Å²) in [5.74, 6) is -0.577. The van der Waals surface area contributed by atoms with Crippen molar-refractivity contribution < 1.29 is 8.78 Å². The average molecular weight is 310 g/mol. The lowest BCUT2D eigenvalue weighted by Crippen LogP contribution is -2.24. The summed E-state index contributed by atoms with van der Waals surface area (Å²) in [6.45, 7) is 4.41. The van der Waals surface area contributed by atoms with E-state index in [4.69, 9.17) is 11.6 Å². The highest BCUT2D eigenvalue weighted by atomic mass is 35.5. The highest BCUT2D eigenvalue weighted by molar-refractivity contribution is 6.31. The van der Waals surface area contributed by atoms with Crippen LogP contribution in [0.25, 0.3) is 0 Å². The maximum absolute atomic E-state index is 14.3. The fourth-order valence-electron chi connectivity index (χ4n) is 2.38. The van der Waals surface area contributed by atoms with E-state index < -0.39 is 0 Å². The molecule has 0 radical (unpaired) electrons. The molecule has 1 atom stereocenters. The molecule has 2 aromatic carbocycles. The minimum Gasteiger partial charge on any atom is -0.310 e. The predicted octanol–water partition coefficient (Wildman–Crippen LogP) is 4.82. The van der Waals surface area contributed by atoms with Gasteiger partial charge in [-0.1, -0.05) is 42.8 Å². The third kappa shape index (κ3) is 3.80. The first-order valence-corrected chi connectivity index (χ1v) is 7.33. The van der Waals surface area contributed by atoms with Crippen LogP contribution in [0, 0.1) is 18.6 Å². The molecule has 0 heterocycles. The van der Waals surface area contributed by atoms with Crippen molar-refractivity contribution in [2.75, 3.05) is 6.54 Å². The van der Waals surface area contributed by atoms with Gasteiger partial charge < -0.3 is 5.32 Å². The number of likely N-dealkylation sites (N-methyl/N-ethyl adjacent to an activating group) is 1. The Morgan fingerprint density at radius 3 is 2.62 bits per heavy atom. The van der Waals surface area contributed by atoms with E-state index in [1.807, 2.05) is 13.0 Å². The van der Waals surface area contributed by atoms with Gasteiger partial charge >= 0.3 is 0 Å². The molecule has 1 nitrogen and oxygen atoms in total. The minimum atomic E-state index is -0.370. The summed E-state index contributed by atoms with van der Waals surface area (Å²) in [6.07, 6.45) is 0.507. The number of hydrogen-bond donors (Lipinski definition) is 1. The summed E-state index contributed by atoms with van der Waals surface area (Å²) in [5.41, 5.74) is 2.02. The lowest BCUT2D eigenvalue weighted by Gasteiger charge is -2.20. The molecular weight excluding hydrogens is 292 g/mol. The second-order valence-electron chi connectivity index (χ2n) is 5.03. The molecule has 1 N–H and O–H groups in total. The van der Waals surface area contributed by atoms with Crippen molar-refractivity contribution >= 4 is 11.6 Å². The zero-order chi connectivity index (χ0) is 15.4. The van der Waals surface area contributed by atoms with Crippen LogP contribution in [0.2, 0.25) is 5.02 Å². The molecule has 0 aliphatic carbocycles.